The van der Waals surface area contributed by atoms with Crippen LogP contribution in [0.15, 0.2) is 0 Å². The average Bonchev–Trinajstić information content (AvgIpc) is 2.64. The molecule has 0 aromatic heterocycles. The summed E-state index contributed by atoms with van der Waals surface area (Å²) in [7, 11) is -3.36. The highest BCUT2D eigenvalue weighted by molar-refractivity contribution is 7.05. The van der Waals surface area contributed by atoms with Crippen molar-refractivity contribution >= 4 is 56.4 Å². The van der Waals surface area contributed by atoms with E-state index in [1.807, 2.05) is 0 Å². The van der Waals surface area contributed by atoms with Crippen LogP contribution in [0.1, 0.15) is 83.1 Å². The minimum atomic E-state index is -2.29. The van der Waals surface area contributed by atoms with E-state index in [1.54, 1.807) is 0 Å². The van der Waals surface area contributed by atoms with Crippen LogP contribution in [0.25, 0.3) is 0 Å². The van der Waals surface area contributed by atoms with Crippen molar-refractivity contribution in [2.75, 3.05) is 0 Å². The second-order valence-corrected chi connectivity index (χ2v) is 29.8. The van der Waals surface area contributed by atoms with Gasteiger partial charge in [-0.15, -0.1) is 0 Å². The molecule has 0 bridgehead atoms. The number of hydrogen-bond acceptors (Lipinski definition) is 7. The van der Waals surface area contributed by atoms with Gasteiger partial charge in [0.05, 0.1) is 0 Å². The molecule has 7 nitrogen and oxygen atoms in total. The third-order valence-corrected chi connectivity index (χ3v) is 33.6. The summed E-state index contributed by atoms with van der Waals surface area (Å²) in [5, 5.41) is 0. The first-order valence-corrected chi connectivity index (χ1v) is 24.7. The van der Waals surface area contributed by atoms with Crippen LogP contribution in [-0.4, -0.2) is 96.6 Å². The lowest BCUT2D eigenvalue weighted by Crippen LogP contribution is -2.98. The molecule has 0 heterocycles. The zero-order chi connectivity index (χ0) is 26.9. The Hall–Kier alpha value is 1.02. The van der Waals surface area contributed by atoms with Gasteiger partial charge < -0.3 is 29.9 Å². The van der Waals surface area contributed by atoms with E-state index in [9.17, 15) is 0 Å². The van der Waals surface area contributed by atoms with E-state index in [2.05, 4.69) is 117 Å². The van der Waals surface area contributed by atoms with Crippen molar-refractivity contribution in [3.05, 3.63) is 0 Å². The zero-order valence-corrected chi connectivity index (χ0v) is 34.5. The summed E-state index contributed by atoms with van der Waals surface area (Å²) in [6, 6.07) is 2.62. The Morgan fingerprint density at radius 2 is 0.559 bits per heavy atom. The Morgan fingerprint density at radius 1 is 0.412 bits per heavy atom. The summed E-state index contributed by atoms with van der Waals surface area (Å²) in [5.74, 6) is 0. The largest absolute Gasteiger partial charge is 0.312 e. The zero-order valence-electron chi connectivity index (χ0n) is 25.5. The second kappa shape index (κ2) is 15.4. The minimum Gasteiger partial charge on any atom is -0.312 e. The SMILES string of the molecule is CC(C)N[Si](C[SiH3])(NC(C)C)N([Si](C[SiH3])(NC(C)C)NC(C)C)[Si](C[SiH3])(NC(C)C)NC(C)C. The molecule has 0 aromatic carbocycles. The lowest BCUT2D eigenvalue weighted by molar-refractivity contribution is 0.526. The van der Waals surface area contributed by atoms with E-state index in [0.717, 1.165) is 0 Å². The van der Waals surface area contributed by atoms with Crippen LogP contribution in [0.4, 0.5) is 0 Å². The van der Waals surface area contributed by atoms with E-state index in [4.69, 9.17) is 0 Å². The molecule has 0 saturated carbocycles. The summed E-state index contributed by atoms with van der Waals surface area (Å²) in [5.41, 5.74) is 3.78. The third-order valence-electron chi connectivity index (χ3n) is 5.84. The van der Waals surface area contributed by atoms with Crippen LogP contribution < -0.4 is 29.9 Å². The van der Waals surface area contributed by atoms with E-state index >= 15 is 0 Å². The molecule has 0 saturated heterocycles. The van der Waals surface area contributed by atoms with Gasteiger partial charge in [0, 0.05) is 30.7 Å². The van der Waals surface area contributed by atoms with Crippen molar-refractivity contribution in [1.29, 1.82) is 0 Å². The van der Waals surface area contributed by atoms with E-state index in [-0.39, 0.29) is 0 Å². The summed E-state index contributed by atoms with van der Waals surface area (Å²) in [6.45, 7) is 28.1. The maximum absolute atomic E-state index is 4.28. The van der Waals surface area contributed by atoms with Crippen LogP contribution in [-0.2, 0) is 0 Å². The highest BCUT2D eigenvalue weighted by Gasteiger charge is 2.61. The minimum absolute atomic E-state index is 0.437. The number of hydrogen-bond donors (Lipinski definition) is 6. The first kappa shape index (κ1) is 35.0. The smallest absolute Gasteiger partial charge is 0.271 e. The molecule has 0 aliphatic carbocycles. The Kier molecular flexibility index (Phi) is 15.9. The number of nitrogens with one attached hydrogen (secondary N) is 6. The fourth-order valence-electron chi connectivity index (χ4n) is 5.44. The molecule has 206 valence electrons. The first-order valence-electron chi connectivity index (χ1n) is 14.0. The molecule has 6 N–H and O–H groups in total. The molecule has 0 aromatic rings. The van der Waals surface area contributed by atoms with Crippen molar-refractivity contribution in [2.24, 2.45) is 0 Å². The van der Waals surface area contributed by atoms with Crippen LogP contribution in [0.2, 0.25) is 17.0 Å². The Labute approximate surface area is 225 Å². The highest BCUT2D eigenvalue weighted by Crippen LogP contribution is 2.27. The van der Waals surface area contributed by atoms with Crippen molar-refractivity contribution in [1.82, 2.24) is 33.8 Å². The Balaban J connectivity index is 7.65. The van der Waals surface area contributed by atoms with Gasteiger partial charge in [0.2, 0.25) is 0 Å². The first-order chi connectivity index (χ1) is 15.5. The molecule has 0 atom stereocenters. The molecule has 0 amide bonds. The highest BCUT2D eigenvalue weighted by atomic mass is 28.5. The lowest BCUT2D eigenvalue weighted by atomic mass is 10.4. The van der Waals surface area contributed by atoms with Gasteiger partial charge >= 0.3 is 0 Å². The van der Waals surface area contributed by atoms with Crippen LogP contribution >= 0.6 is 0 Å². The van der Waals surface area contributed by atoms with Gasteiger partial charge in [0.25, 0.3) is 25.7 Å². The maximum Gasteiger partial charge on any atom is 0.271 e. The standard InChI is InChI=1S/C21H63N7Si6/c1-16(2)22-32(13-29,23-17(3)4)28(33(14-30,24-18(5)6)25-19(7)8)34(15-31,26-20(9)10)27-21(11)12/h16-27H,13-15H2,1-12,29-31H3. The maximum atomic E-state index is 4.28. The molecule has 0 fully saturated rings. The van der Waals surface area contributed by atoms with Crippen molar-refractivity contribution in [2.45, 2.75) is 136 Å². The van der Waals surface area contributed by atoms with Crippen LogP contribution in [0.3, 0.4) is 0 Å². The number of rotatable bonds is 18. The van der Waals surface area contributed by atoms with Gasteiger partial charge in [0.15, 0.2) is 0 Å². The Morgan fingerprint density at radius 3 is 0.647 bits per heavy atom. The van der Waals surface area contributed by atoms with Crippen LogP contribution in [0, 0.1) is 0 Å². The fourth-order valence-corrected chi connectivity index (χ4v) is 39.6. The molecule has 0 spiro atoms. The van der Waals surface area contributed by atoms with Gasteiger partial charge in [-0.05, 0) is 53.3 Å². The van der Waals surface area contributed by atoms with Crippen molar-refractivity contribution in [3.8, 4) is 0 Å². The average molecular weight is 582 g/mol. The second-order valence-electron chi connectivity index (χ2n) is 11.8. The van der Waals surface area contributed by atoms with Gasteiger partial charge in [-0.25, -0.2) is 0 Å². The van der Waals surface area contributed by atoms with Gasteiger partial charge in [-0.1, -0.05) is 83.1 Å². The van der Waals surface area contributed by atoms with Gasteiger partial charge in [0.1, 0.15) is 0 Å². The molecular weight excluding hydrogens is 519 g/mol. The third kappa shape index (κ3) is 10.1. The summed E-state index contributed by atoms with van der Waals surface area (Å²) >= 11 is 0. The molecule has 0 aliphatic rings. The molecule has 13 heteroatoms. The summed E-state index contributed by atoms with van der Waals surface area (Å²) in [4.78, 5) is 25.7. The summed E-state index contributed by atoms with van der Waals surface area (Å²) in [6.07, 6.45) is 0. The molecule has 0 radical (unpaired) electrons. The number of nitrogens with zero attached hydrogens (tertiary/aromatic N) is 1. The molecule has 0 rings (SSSR count). The molecular formula is C21H63N7Si6. The lowest BCUT2D eigenvalue weighted by Gasteiger charge is -2.61. The predicted octanol–water partition coefficient (Wildman–Crippen LogP) is -0.938. The topological polar surface area (TPSA) is 75.4 Å². The van der Waals surface area contributed by atoms with E-state index in [0.29, 0.717) is 36.3 Å². The van der Waals surface area contributed by atoms with Crippen molar-refractivity contribution < 1.29 is 0 Å². The fraction of sp³-hybridized carbons (Fsp3) is 1.00. The van der Waals surface area contributed by atoms with Gasteiger partial charge in [-0.3, -0.25) is 3.90 Å². The van der Waals surface area contributed by atoms with E-state index < -0.39 is 25.7 Å². The Bertz CT molecular complexity index is 458. The van der Waals surface area contributed by atoms with Crippen molar-refractivity contribution in [3.63, 3.8) is 0 Å². The van der Waals surface area contributed by atoms with Crippen LogP contribution in [0.5, 0.6) is 0 Å². The molecule has 34 heavy (non-hydrogen) atoms. The van der Waals surface area contributed by atoms with Gasteiger partial charge in [-0.2, -0.15) is 0 Å². The predicted molar refractivity (Wildman–Crippen MR) is 173 cm³/mol. The summed E-state index contributed by atoms with van der Waals surface area (Å²) < 4.78 is 3.17. The quantitative estimate of drug-likeness (QED) is 0.117. The molecule has 0 unspecified atom stereocenters. The monoisotopic (exact) mass is 581 g/mol. The normalized spacial score (nSPS) is 14.6. The van der Waals surface area contributed by atoms with E-state index in [1.165, 1.54) is 47.7 Å². The molecule has 0 aliphatic heterocycles.